The Bertz CT molecular complexity index is 684. The molecule has 1 aliphatic heterocycles. The molecule has 2 heterocycles. The summed E-state index contributed by atoms with van der Waals surface area (Å²) < 4.78 is 24.5. The molecular formula is C11H14ClN3O5S. The summed E-state index contributed by atoms with van der Waals surface area (Å²) in [4.78, 5) is 24.8. The molecule has 1 aromatic rings. The monoisotopic (exact) mass is 335 g/mol. The van der Waals surface area contributed by atoms with E-state index in [-0.39, 0.29) is 23.0 Å². The SMILES string of the molecule is CCn1ncc(Cl)c1C(=O)N1CCS(=O)(=O)CC1C(=O)O. The predicted octanol–water partition coefficient (Wildman–Crippen LogP) is -0.120. The van der Waals surface area contributed by atoms with Gasteiger partial charge < -0.3 is 10.0 Å². The summed E-state index contributed by atoms with van der Waals surface area (Å²) >= 11 is 5.92. The van der Waals surface area contributed by atoms with Crippen molar-refractivity contribution in [2.45, 2.75) is 19.5 Å². The highest BCUT2D eigenvalue weighted by Gasteiger charge is 2.40. The van der Waals surface area contributed by atoms with Gasteiger partial charge in [-0.15, -0.1) is 0 Å². The fraction of sp³-hybridized carbons (Fsp3) is 0.545. The van der Waals surface area contributed by atoms with Gasteiger partial charge in [0.25, 0.3) is 5.91 Å². The van der Waals surface area contributed by atoms with E-state index in [2.05, 4.69) is 5.10 Å². The third-order valence-electron chi connectivity index (χ3n) is 3.27. The average molecular weight is 336 g/mol. The van der Waals surface area contributed by atoms with Crippen LogP contribution in [0.5, 0.6) is 0 Å². The topological polar surface area (TPSA) is 110 Å². The maximum absolute atomic E-state index is 12.5. The average Bonchev–Trinajstić information content (AvgIpc) is 2.78. The zero-order valence-corrected chi connectivity index (χ0v) is 12.8. The summed E-state index contributed by atoms with van der Waals surface area (Å²) in [5.74, 6) is -2.83. The molecule has 1 atom stereocenters. The number of sulfone groups is 1. The summed E-state index contributed by atoms with van der Waals surface area (Å²) in [6, 6.07) is -1.41. The Balaban J connectivity index is 2.37. The first-order valence-electron chi connectivity index (χ1n) is 6.22. The van der Waals surface area contributed by atoms with Crippen molar-refractivity contribution in [1.82, 2.24) is 14.7 Å². The van der Waals surface area contributed by atoms with E-state index in [0.29, 0.717) is 6.54 Å². The van der Waals surface area contributed by atoms with Crippen LogP contribution in [0.4, 0.5) is 0 Å². The van der Waals surface area contributed by atoms with Gasteiger partial charge in [-0.3, -0.25) is 9.48 Å². The van der Waals surface area contributed by atoms with E-state index in [4.69, 9.17) is 16.7 Å². The van der Waals surface area contributed by atoms with Crippen LogP contribution in [-0.2, 0) is 21.2 Å². The number of nitrogens with zero attached hydrogens (tertiary/aromatic N) is 3. The van der Waals surface area contributed by atoms with Gasteiger partial charge in [0.15, 0.2) is 9.84 Å². The van der Waals surface area contributed by atoms with Gasteiger partial charge in [0, 0.05) is 13.1 Å². The van der Waals surface area contributed by atoms with Crippen molar-refractivity contribution in [3.63, 3.8) is 0 Å². The van der Waals surface area contributed by atoms with Crippen molar-refractivity contribution in [2.75, 3.05) is 18.1 Å². The minimum Gasteiger partial charge on any atom is -0.480 e. The van der Waals surface area contributed by atoms with E-state index in [1.165, 1.54) is 10.9 Å². The number of carbonyl (C=O) groups excluding carboxylic acids is 1. The second-order valence-corrected chi connectivity index (χ2v) is 7.26. The molecule has 2 rings (SSSR count). The van der Waals surface area contributed by atoms with Crippen molar-refractivity contribution < 1.29 is 23.1 Å². The van der Waals surface area contributed by atoms with Crippen molar-refractivity contribution >= 4 is 33.3 Å². The smallest absolute Gasteiger partial charge is 0.327 e. The van der Waals surface area contributed by atoms with Crippen LogP contribution in [0.25, 0.3) is 0 Å². The molecule has 1 aliphatic rings. The molecule has 0 radical (unpaired) electrons. The standard InChI is InChI=1S/C11H14ClN3O5S/c1-2-15-9(7(12)5-13-15)10(16)14-3-4-21(19,20)6-8(14)11(17)18/h5,8H,2-4,6H2,1H3,(H,17,18). The summed E-state index contributed by atoms with van der Waals surface area (Å²) in [5, 5.41) is 13.2. The van der Waals surface area contributed by atoms with E-state index >= 15 is 0 Å². The van der Waals surface area contributed by atoms with Crippen LogP contribution in [-0.4, -0.2) is 64.2 Å². The Kier molecular flexibility index (Phi) is 4.24. The Hall–Kier alpha value is -1.61. The Morgan fingerprint density at radius 2 is 2.19 bits per heavy atom. The lowest BCUT2D eigenvalue weighted by atomic mass is 10.2. The second kappa shape index (κ2) is 5.64. The number of rotatable bonds is 3. The Morgan fingerprint density at radius 1 is 1.52 bits per heavy atom. The van der Waals surface area contributed by atoms with Gasteiger partial charge in [0.1, 0.15) is 11.7 Å². The van der Waals surface area contributed by atoms with Crippen molar-refractivity contribution in [3.8, 4) is 0 Å². The van der Waals surface area contributed by atoms with Crippen LogP contribution in [0, 0.1) is 0 Å². The minimum atomic E-state index is -3.47. The molecule has 0 spiro atoms. The van der Waals surface area contributed by atoms with E-state index in [0.717, 1.165) is 4.90 Å². The molecule has 116 valence electrons. The molecule has 0 aliphatic carbocycles. The lowest BCUT2D eigenvalue weighted by Crippen LogP contribution is -2.55. The van der Waals surface area contributed by atoms with E-state index in [1.54, 1.807) is 6.92 Å². The van der Waals surface area contributed by atoms with Crippen LogP contribution in [0.2, 0.25) is 5.02 Å². The third-order valence-corrected chi connectivity index (χ3v) is 5.18. The number of carbonyl (C=O) groups is 2. The molecule has 1 fully saturated rings. The highest BCUT2D eigenvalue weighted by Crippen LogP contribution is 2.21. The summed E-state index contributed by atoms with van der Waals surface area (Å²) in [5.41, 5.74) is 0.0738. The van der Waals surface area contributed by atoms with Crippen LogP contribution in [0.3, 0.4) is 0 Å². The van der Waals surface area contributed by atoms with E-state index in [9.17, 15) is 18.0 Å². The number of aliphatic carboxylic acids is 1. The van der Waals surface area contributed by atoms with Gasteiger partial charge in [0.05, 0.1) is 22.7 Å². The maximum Gasteiger partial charge on any atom is 0.327 e. The number of aryl methyl sites for hydroxylation is 1. The minimum absolute atomic E-state index is 0.0738. The fourth-order valence-electron chi connectivity index (χ4n) is 2.21. The molecule has 1 aromatic heterocycles. The van der Waals surface area contributed by atoms with E-state index in [1.807, 2.05) is 0 Å². The second-order valence-electron chi connectivity index (χ2n) is 4.62. The molecule has 0 bridgehead atoms. The summed E-state index contributed by atoms with van der Waals surface area (Å²) in [6.45, 7) is 1.97. The maximum atomic E-state index is 12.5. The lowest BCUT2D eigenvalue weighted by molar-refractivity contribution is -0.141. The molecule has 0 saturated carbocycles. The van der Waals surface area contributed by atoms with Gasteiger partial charge in [0.2, 0.25) is 0 Å². The van der Waals surface area contributed by atoms with Crippen LogP contribution < -0.4 is 0 Å². The Morgan fingerprint density at radius 3 is 2.76 bits per heavy atom. The molecule has 8 nitrogen and oxygen atoms in total. The lowest BCUT2D eigenvalue weighted by Gasteiger charge is -2.32. The molecule has 1 unspecified atom stereocenters. The van der Waals surface area contributed by atoms with Crippen LogP contribution in [0.15, 0.2) is 6.20 Å². The van der Waals surface area contributed by atoms with Crippen LogP contribution in [0.1, 0.15) is 17.4 Å². The number of aromatic nitrogens is 2. The van der Waals surface area contributed by atoms with Gasteiger partial charge in [-0.05, 0) is 6.92 Å². The van der Waals surface area contributed by atoms with Crippen molar-refractivity contribution in [2.24, 2.45) is 0 Å². The zero-order valence-electron chi connectivity index (χ0n) is 11.2. The number of hydrogen-bond donors (Lipinski definition) is 1. The van der Waals surface area contributed by atoms with Crippen molar-refractivity contribution in [1.29, 1.82) is 0 Å². The fourth-order valence-corrected chi connectivity index (χ4v) is 3.87. The highest BCUT2D eigenvalue weighted by molar-refractivity contribution is 7.91. The number of halogens is 1. The normalized spacial score (nSPS) is 21.2. The molecule has 1 amide bonds. The molecule has 1 N–H and O–H groups in total. The first-order chi connectivity index (χ1) is 9.76. The molecule has 21 heavy (non-hydrogen) atoms. The van der Waals surface area contributed by atoms with Gasteiger partial charge in [-0.2, -0.15) is 5.10 Å². The summed E-state index contributed by atoms with van der Waals surface area (Å²) in [7, 11) is -3.47. The first-order valence-corrected chi connectivity index (χ1v) is 8.42. The molecule has 0 aromatic carbocycles. The summed E-state index contributed by atoms with van der Waals surface area (Å²) in [6.07, 6.45) is 1.30. The van der Waals surface area contributed by atoms with Gasteiger partial charge in [-0.1, -0.05) is 11.6 Å². The molecule has 10 heteroatoms. The molecular weight excluding hydrogens is 322 g/mol. The Labute approximate surface area is 126 Å². The van der Waals surface area contributed by atoms with Crippen LogP contribution >= 0.6 is 11.6 Å². The first kappa shape index (κ1) is 15.8. The van der Waals surface area contributed by atoms with E-state index < -0.39 is 33.5 Å². The third kappa shape index (κ3) is 3.03. The number of hydrogen-bond acceptors (Lipinski definition) is 5. The van der Waals surface area contributed by atoms with Gasteiger partial charge in [-0.25, -0.2) is 13.2 Å². The van der Waals surface area contributed by atoms with Crippen molar-refractivity contribution in [3.05, 3.63) is 16.9 Å². The number of amides is 1. The zero-order chi connectivity index (χ0) is 15.8. The van der Waals surface area contributed by atoms with Gasteiger partial charge >= 0.3 is 5.97 Å². The predicted molar refractivity (Wildman–Crippen MR) is 74.0 cm³/mol. The quantitative estimate of drug-likeness (QED) is 0.824. The number of carboxylic acids is 1. The molecule has 1 saturated heterocycles. The number of carboxylic acid groups (broad SMARTS) is 1. The highest BCUT2D eigenvalue weighted by atomic mass is 35.5. The largest absolute Gasteiger partial charge is 0.480 e.